The number of quaternary nitrogens is 1. The number of hydrogen-bond donors (Lipinski definition) is 0. The Morgan fingerprint density at radius 1 is 0.943 bits per heavy atom. The Morgan fingerprint density at radius 3 is 2.09 bits per heavy atom. The van der Waals surface area contributed by atoms with Crippen LogP contribution in [0.5, 0.6) is 23.0 Å². The minimum atomic E-state index is -0.548. The number of esters is 1. The SMILES string of the molecule is COc1ccc(CC2c3cc(OC)c(OC)cc3CC[N+]2(C)C(C)C(=O)OC(C)(C)C)cc1OC. The molecule has 0 aromatic heterocycles. The summed E-state index contributed by atoms with van der Waals surface area (Å²) in [6.07, 6.45) is 1.52. The highest BCUT2D eigenvalue weighted by atomic mass is 16.6. The highest BCUT2D eigenvalue weighted by Gasteiger charge is 2.47. The fourth-order valence-corrected chi connectivity index (χ4v) is 4.94. The maximum absolute atomic E-state index is 13.3. The molecule has 3 rings (SSSR count). The zero-order valence-electron chi connectivity index (χ0n) is 22.6. The zero-order valence-corrected chi connectivity index (χ0v) is 22.6. The Balaban J connectivity index is 2.11. The molecule has 1 heterocycles. The van der Waals surface area contributed by atoms with Crippen molar-refractivity contribution in [2.75, 3.05) is 42.0 Å². The summed E-state index contributed by atoms with van der Waals surface area (Å²) in [6.45, 7) is 8.48. The molecule has 7 heteroatoms. The van der Waals surface area contributed by atoms with Crippen molar-refractivity contribution in [3.63, 3.8) is 0 Å². The van der Waals surface area contributed by atoms with Gasteiger partial charge in [-0.15, -0.1) is 0 Å². The first-order valence-electron chi connectivity index (χ1n) is 12.0. The zero-order chi connectivity index (χ0) is 26.0. The van der Waals surface area contributed by atoms with Crippen LogP contribution in [0, 0.1) is 0 Å². The molecule has 0 amide bonds. The molecule has 0 radical (unpaired) electrons. The minimum Gasteiger partial charge on any atom is -0.493 e. The third-order valence-corrected chi connectivity index (χ3v) is 7.09. The molecule has 3 atom stereocenters. The lowest BCUT2D eigenvalue weighted by molar-refractivity contribution is -0.954. The van der Waals surface area contributed by atoms with Crippen molar-refractivity contribution >= 4 is 5.97 Å². The predicted octanol–water partition coefficient (Wildman–Crippen LogP) is 4.74. The quantitative estimate of drug-likeness (QED) is 0.397. The second-order valence-corrected chi connectivity index (χ2v) is 10.3. The number of ether oxygens (including phenoxy) is 5. The maximum atomic E-state index is 13.3. The third-order valence-electron chi connectivity index (χ3n) is 7.09. The van der Waals surface area contributed by atoms with Gasteiger partial charge in [-0.05, 0) is 63.1 Å². The largest absolute Gasteiger partial charge is 0.493 e. The molecule has 0 saturated heterocycles. The van der Waals surface area contributed by atoms with Crippen LogP contribution >= 0.6 is 0 Å². The van der Waals surface area contributed by atoms with Crippen LogP contribution in [0.15, 0.2) is 30.3 Å². The number of carbonyl (C=O) groups is 1. The van der Waals surface area contributed by atoms with Crippen LogP contribution in [0.3, 0.4) is 0 Å². The van der Waals surface area contributed by atoms with E-state index < -0.39 is 5.60 Å². The van der Waals surface area contributed by atoms with E-state index in [4.69, 9.17) is 23.7 Å². The normalized spacial score (nSPS) is 20.4. The molecule has 0 N–H and O–H groups in total. The number of likely N-dealkylation sites (N-methyl/N-ethyl adjacent to an activating group) is 1. The number of hydrogen-bond acceptors (Lipinski definition) is 6. The van der Waals surface area contributed by atoms with E-state index in [1.807, 2.05) is 39.8 Å². The summed E-state index contributed by atoms with van der Waals surface area (Å²) < 4.78 is 28.5. The van der Waals surface area contributed by atoms with Gasteiger partial charge in [-0.25, -0.2) is 4.79 Å². The first-order chi connectivity index (χ1) is 16.5. The van der Waals surface area contributed by atoms with Crippen LogP contribution in [0.25, 0.3) is 0 Å². The molecule has 3 unspecified atom stereocenters. The number of fused-ring (bicyclic) bond motifs is 1. The molecule has 0 aliphatic carbocycles. The van der Waals surface area contributed by atoms with E-state index in [-0.39, 0.29) is 18.1 Å². The fraction of sp³-hybridized carbons (Fsp3) is 0.536. The summed E-state index contributed by atoms with van der Waals surface area (Å²) >= 11 is 0. The van der Waals surface area contributed by atoms with Crippen molar-refractivity contribution in [1.29, 1.82) is 0 Å². The molecule has 0 fully saturated rings. The third kappa shape index (κ3) is 5.50. The lowest BCUT2D eigenvalue weighted by atomic mass is 9.85. The summed E-state index contributed by atoms with van der Waals surface area (Å²) in [5.74, 6) is 2.57. The van der Waals surface area contributed by atoms with E-state index in [9.17, 15) is 4.79 Å². The predicted molar refractivity (Wildman–Crippen MR) is 136 cm³/mol. The van der Waals surface area contributed by atoms with Crippen LogP contribution in [0.4, 0.5) is 0 Å². The van der Waals surface area contributed by atoms with Crippen molar-refractivity contribution in [1.82, 2.24) is 0 Å². The molecule has 192 valence electrons. The van der Waals surface area contributed by atoms with Gasteiger partial charge in [0.05, 0.1) is 42.0 Å². The molecule has 1 aliphatic rings. The topological polar surface area (TPSA) is 63.2 Å². The number of methoxy groups -OCH3 is 4. The molecule has 0 bridgehead atoms. The summed E-state index contributed by atoms with van der Waals surface area (Å²) in [4.78, 5) is 13.3. The van der Waals surface area contributed by atoms with Gasteiger partial charge in [-0.2, -0.15) is 0 Å². The van der Waals surface area contributed by atoms with Gasteiger partial charge >= 0.3 is 5.97 Å². The molecule has 7 nitrogen and oxygen atoms in total. The van der Waals surface area contributed by atoms with Crippen molar-refractivity contribution in [3.05, 3.63) is 47.0 Å². The van der Waals surface area contributed by atoms with Gasteiger partial charge < -0.3 is 28.2 Å². The summed E-state index contributed by atoms with van der Waals surface area (Å²) in [5.41, 5.74) is 2.91. The highest BCUT2D eigenvalue weighted by molar-refractivity contribution is 5.74. The van der Waals surface area contributed by atoms with E-state index in [1.54, 1.807) is 28.4 Å². The number of rotatable bonds is 8. The molecule has 35 heavy (non-hydrogen) atoms. The van der Waals surface area contributed by atoms with Gasteiger partial charge in [0.2, 0.25) is 0 Å². The van der Waals surface area contributed by atoms with Gasteiger partial charge in [0.25, 0.3) is 0 Å². The molecule has 0 saturated carbocycles. The van der Waals surface area contributed by atoms with Gasteiger partial charge in [0.15, 0.2) is 29.0 Å². The van der Waals surface area contributed by atoms with Crippen LogP contribution in [0.1, 0.15) is 50.4 Å². The average Bonchev–Trinajstić information content (AvgIpc) is 2.83. The number of nitrogens with zero attached hydrogens (tertiary/aromatic N) is 1. The smallest absolute Gasteiger partial charge is 0.365 e. The molecular weight excluding hydrogens is 446 g/mol. The average molecular weight is 487 g/mol. The molecule has 2 aromatic carbocycles. The lowest BCUT2D eigenvalue weighted by Crippen LogP contribution is -2.60. The Kier molecular flexibility index (Phi) is 7.90. The van der Waals surface area contributed by atoms with Crippen molar-refractivity contribution in [2.45, 2.75) is 58.2 Å². The molecular formula is C28H40NO6+. The van der Waals surface area contributed by atoms with E-state index in [2.05, 4.69) is 25.2 Å². The van der Waals surface area contributed by atoms with E-state index in [1.165, 1.54) is 5.56 Å². The van der Waals surface area contributed by atoms with Crippen LogP contribution < -0.4 is 18.9 Å². The first kappa shape index (κ1) is 26.7. The van der Waals surface area contributed by atoms with Crippen LogP contribution in [-0.2, 0) is 22.4 Å². The Labute approximate surface area is 209 Å². The van der Waals surface area contributed by atoms with Crippen LogP contribution in [0.2, 0.25) is 0 Å². The Bertz CT molecular complexity index is 1060. The summed E-state index contributed by atoms with van der Waals surface area (Å²) in [6, 6.07) is 9.75. The van der Waals surface area contributed by atoms with E-state index >= 15 is 0 Å². The van der Waals surface area contributed by atoms with Crippen molar-refractivity contribution < 1.29 is 33.0 Å². The van der Waals surface area contributed by atoms with Gasteiger partial charge in [-0.1, -0.05) is 6.07 Å². The second-order valence-electron chi connectivity index (χ2n) is 10.3. The summed E-state index contributed by atoms with van der Waals surface area (Å²) in [5, 5.41) is 0. The van der Waals surface area contributed by atoms with Gasteiger partial charge in [0, 0.05) is 18.4 Å². The number of carbonyl (C=O) groups excluding carboxylic acids is 1. The van der Waals surface area contributed by atoms with E-state index in [0.717, 1.165) is 24.1 Å². The van der Waals surface area contributed by atoms with E-state index in [0.29, 0.717) is 33.9 Å². The van der Waals surface area contributed by atoms with Gasteiger partial charge in [-0.3, -0.25) is 0 Å². The number of benzene rings is 2. The molecule has 2 aromatic rings. The van der Waals surface area contributed by atoms with Crippen molar-refractivity contribution in [2.24, 2.45) is 0 Å². The van der Waals surface area contributed by atoms with Crippen LogP contribution in [-0.4, -0.2) is 64.1 Å². The Hall–Kier alpha value is -2.93. The summed E-state index contributed by atoms with van der Waals surface area (Å²) in [7, 11) is 8.72. The highest BCUT2D eigenvalue weighted by Crippen LogP contribution is 2.44. The maximum Gasteiger partial charge on any atom is 0.365 e. The van der Waals surface area contributed by atoms with Crippen molar-refractivity contribution in [3.8, 4) is 23.0 Å². The molecule has 1 aliphatic heterocycles. The monoisotopic (exact) mass is 486 g/mol. The standard InChI is InChI=1S/C28H40NO6/c1-18(27(30)35-28(2,3)4)29(5)13-12-20-16-25(33-8)26(34-9)17-21(20)22(29)14-19-10-11-23(31-6)24(15-19)32-7/h10-11,15-18,22H,12-14H2,1-9H3/q+1. The fourth-order valence-electron chi connectivity index (χ4n) is 4.94. The Morgan fingerprint density at radius 2 is 1.51 bits per heavy atom. The first-order valence-corrected chi connectivity index (χ1v) is 12.0. The second kappa shape index (κ2) is 10.4. The van der Waals surface area contributed by atoms with Gasteiger partial charge in [0.1, 0.15) is 11.6 Å². The lowest BCUT2D eigenvalue weighted by Gasteiger charge is -2.49. The minimum absolute atomic E-state index is 0.0147. The molecule has 0 spiro atoms.